The van der Waals surface area contributed by atoms with E-state index in [0.717, 1.165) is 20.8 Å². The molecule has 2 saturated heterocycles. The van der Waals surface area contributed by atoms with E-state index < -0.39 is 104 Å². The van der Waals surface area contributed by atoms with Crippen molar-refractivity contribution in [3.05, 3.63) is 108 Å². The Labute approximate surface area is 309 Å². The third-order valence-electron chi connectivity index (χ3n) is 8.10. The molecule has 3 aromatic rings. The first-order chi connectivity index (χ1) is 25.9. The molecule has 2 aliphatic rings. The SMILES string of the molecule is CC(=O)O[C@H]1[C@@H](OC(C)=O)[C@@H](O)O[C@H](CO[C@H]2O[C@@H](COC(=O)c3ccccc3)[C@@H](OC(=O)c3ccccc3)[C@H]2OC(=O)c2ccccc2)[C@H]1OC(C)=O. The average Bonchev–Trinajstić information content (AvgIpc) is 3.47. The van der Waals surface area contributed by atoms with E-state index in [0.29, 0.717) is 0 Å². The molecule has 0 unspecified atom stereocenters. The lowest BCUT2D eigenvalue weighted by atomic mass is 9.98. The van der Waals surface area contributed by atoms with Crippen LogP contribution < -0.4 is 0 Å². The summed E-state index contributed by atoms with van der Waals surface area (Å²) in [6.07, 6.45) is -13.7. The van der Waals surface area contributed by atoms with Crippen LogP contribution >= 0.6 is 0 Å². The number of aliphatic hydroxyl groups is 1. The highest BCUT2D eigenvalue weighted by molar-refractivity contribution is 5.91. The summed E-state index contributed by atoms with van der Waals surface area (Å²) in [6.45, 7) is 2.09. The molecule has 3 aromatic carbocycles. The summed E-state index contributed by atoms with van der Waals surface area (Å²) in [4.78, 5) is 75.9. The van der Waals surface area contributed by atoms with Gasteiger partial charge in [0.1, 0.15) is 18.8 Å². The van der Waals surface area contributed by atoms with Gasteiger partial charge in [0.25, 0.3) is 0 Å². The Bertz CT molecular complexity index is 1770. The summed E-state index contributed by atoms with van der Waals surface area (Å²) < 4.78 is 50.9. The number of carbonyl (C=O) groups is 6. The van der Waals surface area contributed by atoms with E-state index in [2.05, 4.69) is 0 Å². The molecule has 9 atom stereocenters. The van der Waals surface area contributed by atoms with E-state index in [4.69, 9.17) is 42.6 Å². The van der Waals surface area contributed by atoms with E-state index in [1.807, 2.05) is 0 Å². The highest BCUT2D eigenvalue weighted by Crippen LogP contribution is 2.33. The molecule has 16 heteroatoms. The second-order valence-corrected chi connectivity index (χ2v) is 12.1. The van der Waals surface area contributed by atoms with Gasteiger partial charge >= 0.3 is 35.8 Å². The molecule has 2 fully saturated rings. The van der Waals surface area contributed by atoms with Gasteiger partial charge in [-0.1, -0.05) is 54.6 Å². The number of ether oxygens (including phenoxy) is 9. The van der Waals surface area contributed by atoms with Crippen molar-refractivity contribution in [1.29, 1.82) is 0 Å². The Morgan fingerprint density at radius 1 is 0.500 bits per heavy atom. The summed E-state index contributed by atoms with van der Waals surface area (Å²) in [5.41, 5.74) is 0.521. The Morgan fingerprint density at radius 2 is 0.907 bits per heavy atom. The van der Waals surface area contributed by atoms with Crippen LogP contribution in [-0.2, 0) is 57.0 Å². The van der Waals surface area contributed by atoms with Gasteiger partial charge in [-0.15, -0.1) is 0 Å². The molecule has 2 aliphatic heterocycles. The Morgan fingerprint density at radius 3 is 1.41 bits per heavy atom. The zero-order valence-corrected chi connectivity index (χ0v) is 29.3. The summed E-state index contributed by atoms with van der Waals surface area (Å²) >= 11 is 0. The first-order valence-corrected chi connectivity index (χ1v) is 16.8. The number of benzene rings is 3. The second-order valence-electron chi connectivity index (χ2n) is 12.1. The smallest absolute Gasteiger partial charge is 0.338 e. The number of carbonyl (C=O) groups excluding carboxylic acids is 6. The van der Waals surface area contributed by atoms with Crippen molar-refractivity contribution in [2.75, 3.05) is 13.2 Å². The predicted octanol–water partition coefficient (Wildman–Crippen LogP) is 2.55. The first kappa shape index (κ1) is 39.5. The third-order valence-corrected chi connectivity index (χ3v) is 8.10. The van der Waals surface area contributed by atoms with Crippen molar-refractivity contribution in [3.8, 4) is 0 Å². The second kappa shape index (κ2) is 18.4. The number of hydrogen-bond acceptors (Lipinski definition) is 16. The molecule has 54 heavy (non-hydrogen) atoms. The van der Waals surface area contributed by atoms with Crippen molar-refractivity contribution in [1.82, 2.24) is 0 Å². The highest BCUT2D eigenvalue weighted by Gasteiger charge is 2.54. The predicted molar refractivity (Wildman–Crippen MR) is 180 cm³/mol. The fourth-order valence-electron chi connectivity index (χ4n) is 5.77. The zero-order chi connectivity index (χ0) is 38.8. The van der Waals surface area contributed by atoms with E-state index >= 15 is 0 Å². The molecule has 0 saturated carbocycles. The summed E-state index contributed by atoms with van der Waals surface area (Å²) in [6, 6.07) is 23.9. The maximum atomic E-state index is 13.4. The Kier molecular flexibility index (Phi) is 13.5. The standard InChI is InChI=1S/C38H38O16/c1-21(39)48-29-27(51-37(45)32(50-23(3)41)31(29)49-22(2)40)20-47-38-33(54-36(44)26-17-11-6-12-18-26)30(53-35(43)25-15-9-5-10-16-25)28(52-38)19-46-34(42)24-13-7-4-8-14-24/h4-18,27-33,37-38,45H,19-20H2,1-3H3/t27-,28+,29-,30-,31-,32-,33-,37+,38+/m1/s1. The van der Waals surface area contributed by atoms with Gasteiger partial charge in [-0.2, -0.15) is 0 Å². The summed E-state index contributed by atoms with van der Waals surface area (Å²) in [5.74, 6) is -4.94. The number of rotatable bonds is 13. The van der Waals surface area contributed by atoms with E-state index in [-0.39, 0.29) is 16.7 Å². The van der Waals surface area contributed by atoms with E-state index in [9.17, 15) is 33.9 Å². The molecular formula is C38H38O16. The Balaban J connectivity index is 1.45. The van der Waals surface area contributed by atoms with Gasteiger partial charge in [0, 0.05) is 20.8 Å². The number of esters is 6. The normalized spacial score (nSPS) is 26.1. The van der Waals surface area contributed by atoms with Crippen LogP contribution in [0.4, 0.5) is 0 Å². The molecule has 1 N–H and O–H groups in total. The molecule has 16 nitrogen and oxygen atoms in total. The maximum absolute atomic E-state index is 13.4. The fourth-order valence-corrected chi connectivity index (χ4v) is 5.77. The van der Waals surface area contributed by atoms with Gasteiger partial charge in [-0.05, 0) is 36.4 Å². The quantitative estimate of drug-likeness (QED) is 0.197. The van der Waals surface area contributed by atoms with Gasteiger partial charge in [0.15, 0.2) is 43.1 Å². The van der Waals surface area contributed by atoms with Crippen LogP contribution in [0.5, 0.6) is 0 Å². The van der Waals surface area contributed by atoms with Gasteiger partial charge in [-0.25, -0.2) is 14.4 Å². The van der Waals surface area contributed by atoms with Crippen LogP contribution in [0.1, 0.15) is 51.8 Å². The molecule has 2 heterocycles. The zero-order valence-electron chi connectivity index (χ0n) is 29.3. The molecule has 286 valence electrons. The van der Waals surface area contributed by atoms with Crippen LogP contribution in [0.2, 0.25) is 0 Å². The highest BCUT2D eigenvalue weighted by atomic mass is 16.8. The van der Waals surface area contributed by atoms with Crippen LogP contribution in [0.25, 0.3) is 0 Å². The minimum Gasteiger partial charge on any atom is -0.459 e. The van der Waals surface area contributed by atoms with Crippen molar-refractivity contribution in [3.63, 3.8) is 0 Å². The van der Waals surface area contributed by atoms with Gasteiger partial charge in [0.2, 0.25) is 0 Å². The molecule has 0 aliphatic carbocycles. The van der Waals surface area contributed by atoms with Crippen LogP contribution in [-0.4, -0.2) is 109 Å². The number of hydrogen-bond donors (Lipinski definition) is 1. The lowest BCUT2D eigenvalue weighted by Gasteiger charge is -2.42. The summed E-state index contributed by atoms with van der Waals surface area (Å²) in [7, 11) is 0. The van der Waals surface area contributed by atoms with E-state index in [1.54, 1.807) is 54.6 Å². The fraction of sp³-hybridized carbons (Fsp3) is 0.368. The van der Waals surface area contributed by atoms with Crippen molar-refractivity contribution in [2.45, 2.75) is 76.1 Å². The molecule has 0 amide bonds. The largest absolute Gasteiger partial charge is 0.459 e. The summed E-state index contributed by atoms with van der Waals surface area (Å²) in [5, 5.41) is 10.8. The lowest BCUT2D eigenvalue weighted by Crippen LogP contribution is -2.62. The first-order valence-electron chi connectivity index (χ1n) is 16.8. The van der Waals surface area contributed by atoms with Crippen molar-refractivity contribution >= 4 is 35.8 Å². The van der Waals surface area contributed by atoms with Crippen molar-refractivity contribution < 1.29 is 76.5 Å². The molecule has 5 rings (SSSR count). The molecule has 0 bridgehead atoms. The molecule has 0 aromatic heterocycles. The van der Waals surface area contributed by atoms with Gasteiger partial charge in [0.05, 0.1) is 23.3 Å². The Hall–Kier alpha value is -5.68. The maximum Gasteiger partial charge on any atom is 0.338 e. The number of aliphatic hydroxyl groups excluding tert-OH is 1. The minimum absolute atomic E-state index is 0.137. The third kappa shape index (κ3) is 10.3. The van der Waals surface area contributed by atoms with Gasteiger partial charge < -0.3 is 47.7 Å². The van der Waals surface area contributed by atoms with Gasteiger partial charge in [-0.3, -0.25) is 14.4 Å². The minimum atomic E-state index is -1.89. The molecule has 0 spiro atoms. The molecular weight excluding hydrogens is 712 g/mol. The molecule has 0 radical (unpaired) electrons. The van der Waals surface area contributed by atoms with Crippen LogP contribution in [0.15, 0.2) is 91.0 Å². The monoisotopic (exact) mass is 750 g/mol. The average molecular weight is 751 g/mol. The topological polar surface area (TPSA) is 206 Å². The van der Waals surface area contributed by atoms with Crippen LogP contribution in [0.3, 0.4) is 0 Å². The van der Waals surface area contributed by atoms with E-state index in [1.165, 1.54) is 36.4 Å². The van der Waals surface area contributed by atoms with Crippen molar-refractivity contribution in [2.24, 2.45) is 0 Å². The lowest BCUT2D eigenvalue weighted by molar-refractivity contribution is -0.304. The van der Waals surface area contributed by atoms with Crippen LogP contribution in [0, 0.1) is 0 Å².